The minimum Gasteiger partial charge on any atom is -0.388 e. The molecule has 3 N–H and O–H groups in total. The molecule has 0 spiro atoms. The summed E-state index contributed by atoms with van der Waals surface area (Å²) in [6.45, 7) is 1.89. The Hall–Kier alpha value is -2.35. The third kappa shape index (κ3) is 6.23. The normalized spacial score (nSPS) is 35.1. The molecule has 6 bridgehead atoms. The average Bonchev–Trinajstić information content (AvgIpc) is 3.68. The van der Waals surface area contributed by atoms with Crippen molar-refractivity contribution < 1.29 is 38.5 Å². The van der Waals surface area contributed by atoms with Gasteiger partial charge in [0.05, 0.1) is 36.3 Å². The van der Waals surface area contributed by atoms with E-state index in [1.807, 2.05) is 4.90 Å². The molecule has 224 valence electrons. The molecule has 7 atom stereocenters. The summed E-state index contributed by atoms with van der Waals surface area (Å²) in [4.78, 5) is 45.4. The Morgan fingerprint density at radius 1 is 1.10 bits per heavy atom. The van der Waals surface area contributed by atoms with Gasteiger partial charge in [0.2, 0.25) is 17.7 Å². The number of ether oxygens (including phenoxy) is 2. The van der Waals surface area contributed by atoms with Gasteiger partial charge in [0.15, 0.2) is 0 Å². The second-order valence-corrected chi connectivity index (χ2v) is 12.3. The Labute approximate surface area is 242 Å². The second-order valence-electron chi connectivity index (χ2n) is 11.9. The Morgan fingerprint density at radius 3 is 2.63 bits per heavy atom. The van der Waals surface area contributed by atoms with Crippen molar-refractivity contribution in [2.24, 2.45) is 5.92 Å². The molecule has 0 radical (unpaired) electrons. The van der Waals surface area contributed by atoms with Gasteiger partial charge in [-0.05, 0) is 37.0 Å². The predicted molar refractivity (Wildman–Crippen MR) is 143 cm³/mol. The van der Waals surface area contributed by atoms with Gasteiger partial charge in [-0.1, -0.05) is 17.7 Å². The first kappa shape index (κ1) is 28.8. The van der Waals surface area contributed by atoms with E-state index in [0.29, 0.717) is 31.7 Å². The van der Waals surface area contributed by atoms with E-state index in [1.165, 1.54) is 12.1 Å². The van der Waals surface area contributed by atoms with Crippen LogP contribution in [0.5, 0.6) is 0 Å². The third-order valence-corrected chi connectivity index (χ3v) is 9.09. The number of hydrogen-bond donors (Lipinski definition) is 3. The highest BCUT2D eigenvalue weighted by Crippen LogP contribution is 2.33. The van der Waals surface area contributed by atoms with Crippen LogP contribution in [0, 0.1) is 11.7 Å². The van der Waals surface area contributed by atoms with Crippen LogP contribution in [0.1, 0.15) is 31.2 Å². The molecule has 13 heteroatoms. The van der Waals surface area contributed by atoms with Crippen molar-refractivity contribution in [2.45, 2.75) is 74.8 Å². The van der Waals surface area contributed by atoms with Gasteiger partial charge < -0.3 is 34.8 Å². The van der Waals surface area contributed by atoms with Crippen LogP contribution in [0.25, 0.3) is 0 Å². The lowest BCUT2D eigenvalue weighted by Crippen LogP contribution is -2.55. The van der Waals surface area contributed by atoms with Crippen molar-refractivity contribution in [1.29, 1.82) is 0 Å². The zero-order chi connectivity index (χ0) is 28.8. The Bertz CT molecular complexity index is 1190. The summed E-state index contributed by atoms with van der Waals surface area (Å²) in [5, 5.41) is 24.4. The molecule has 1 saturated carbocycles. The maximum absolute atomic E-state index is 14.2. The standard InChI is InChI=1S/C28H36ClFN4O7/c29-19-4-1-15(7-20(19)30)10-33-11-17-8-21(33)28(39)32-5-6-40-18(12-32)13-34(27(38)16-2-3-16)14-23-26(37)25(36)22(41-23)9-24(35)31-17/h1,4,7,16-18,21-23,25-26,36-37H,2-3,5-6,8-14H2,(H,31,35)/t17-,18-,21-,22-,23+,25-,26+/m0/s1. The van der Waals surface area contributed by atoms with Gasteiger partial charge in [-0.25, -0.2) is 4.39 Å². The summed E-state index contributed by atoms with van der Waals surface area (Å²) in [6, 6.07) is 3.63. The molecular weight excluding hydrogens is 559 g/mol. The first-order valence-corrected chi connectivity index (χ1v) is 14.7. The number of fused-ring (bicyclic) bond motifs is 6. The van der Waals surface area contributed by atoms with Gasteiger partial charge in [0.25, 0.3) is 0 Å². The van der Waals surface area contributed by atoms with Crippen LogP contribution in [-0.2, 0) is 30.4 Å². The minimum absolute atomic E-state index is 0.0162. The zero-order valence-electron chi connectivity index (χ0n) is 22.7. The van der Waals surface area contributed by atoms with Crippen molar-refractivity contribution in [1.82, 2.24) is 20.0 Å². The molecular formula is C28H36ClFN4O7. The molecule has 5 aliphatic rings. The molecule has 4 saturated heterocycles. The van der Waals surface area contributed by atoms with Gasteiger partial charge in [0.1, 0.15) is 24.1 Å². The van der Waals surface area contributed by atoms with Crippen LogP contribution < -0.4 is 5.32 Å². The quantitative estimate of drug-likeness (QED) is 0.442. The molecule has 6 rings (SSSR count). The molecule has 1 aromatic rings. The monoisotopic (exact) mass is 594 g/mol. The molecule has 0 aromatic heterocycles. The fourth-order valence-electron chi connectivity index (χ4n) is 6.47. The average molecular weight is 595 g/mol. The molecule has 0 unspecified atom stereocenters. The fourth-order valence-corrected chi connectivity index (χ4v) is 6.59. The third-order valence-electron chi connectivity index (χ3n) is 8.78. The Morgan fingerprint density at radius 2 is 1.88 bits per heavy atom. The summed E-state index contributed by atoms with van der Waals surface area (Å²) in [5.74, 6) is -1.18. The number of carbonyl (C=O) groups is 3. The maximum atomic E-state index is 14.2. The number of nitrogens with zero attached hydrogens (tertiary/aromatic N) is 3. The molecule has 41 heavy (non-hydrogen) atoms. The van der Waals surface area contributed by atoms with Crippen molar-refractivity contribution in [3.63, 3.8) is 0 Å². The summed E-state index contributed by atoms with van der Waals surface area (Å²) >= 11 is 5.86. The summed E-state index contributed by atoms with van der Waals surface area (Å²) in [6.07, 6.45) is -3.00. The fraction of sp³-hybridized carbons (Fsp3) is 0.679. The molecule has 3 amide bonds. The lowest BCUT2D eigenvalue weighted by Gasteiger charge is -2.38. The number of amides is 3. The number of nitrogens with one attached hydrogen (secondary N) is 1. The van der Waals surface area contributed by atoms with Crippen molar-refractivity contribution in [3.8, 4) is 0 Å². The minimum atomic E-state index is -1.28. The zero-order valence-corrected chi connectivity index (χ0v) is 23.4. The van der Waals surface area contributed by atoms with Crippen LogP contribution in [0.2, 0.25) is 5.02 Å². The van der Waals surface area contributed by atoms with Gasteiger partial charge in [-0.15, -0.1) is 0 Å². The van der Waals surface area contributed by atoms with E-state index < -0.39 is 42.4 Å². The van der Waals surface area contributed by atoms with E-state index in [1.54, 1.807) is 15.9 Å². The Balaban J connectivity index is 1.26. The lowest BCUT2D eigenvalue weighted by atomic mass is 10.0. The van der Waals surface area contributed by atoms with Crippen LogP contribution in [-0.4, -0.2) is 125 Å². The van der Waals surface area contributed by atoms with E-state index in [9.17, 15) is 29.0 Å². The first-order valence-electron chi connectivity index (χ1n) is 14.3. The number of rotatable bonds is 3. The predicted octanol–water partition coefficient (Wildman–Crippen LogP) is -0.103. The number of hydrogen-bond acceptors (Lipinski definition) is 8. The number of aliphatic hydroxyl groups is 2. The lowest BCUT2D eigenvalue weighted by molar-refractivity contribution is -0.147. The van der Waals surface area contributed by atoms with Gasteiger partial charge in [-0.2, -0.15) is 0 Å². The van der Waals surface area contributed by atoms with Gasteiger partial charge in [0, 0.05) is 51.2 Å². The highest BCUT2D eigenvalue weighted by Gasteiger charge is 2.47. The van der Waals surface area contributed by atoms with Crippen LogP contribution in [0.15, 0.2) is 18.2 Å². The van der Waals surface area contributed by atoms with Crippen LogP contribution in [0.4, 0.5) is 4.39 Å². The number of likely N-dealkylation sites (tertiary alicyclic amines) is 1. The van der Waals surface area contributed by atoms with Crippen molar-refractivity contribution in [2.75, 3.05) is 39.3 Å². The number of benzene rings is 1. The SMILES string of the molecule is O=C1C[C@@H]2O[C@H](CN(C(=O)C3CC3)C[C@@H]3CN(CCO3)C(=O)[C@@H]3C[C@@H](CN3Cc3ccc(Cl)c(F)c3)N1)[C@@H](O)[C@H]2O. The van der Waals surface area contributed by atoms with Gasteiger partial charge >= 0.3 is 0 Å². The molecule has 4 heterocycles. The van der Waals surface area contributed by atoms with E-state index in [0.717, 1.165) is 12.8 Å². The second kappa shape index (κ2) is 11.7. The first-order chi connectivity index (χ1) is 19.7. The highest BCUT2D eigenvalue weighted by atomic mass is 35.5. The van der Waals surface area contributed by atoms with E-state index >= 15 is 0 Å². The van der Waals surface area contributed by atoms with Crippen LogP contribution >= 0.6 is 11.6 Å². The highest BCUT2D eigenvalue weighted by molar-refractivity contribution is 6.30. The van der Waals surface area contributed by atoms with Crippen molar-refractivity contribution >= 4 is 29.3 Å². The number of halogens is 2. The number of carbonyl (C=O) groups excluding carboxylic acids is 3. The molecule has 4 aliphatic heterocycles. The van der Waals surface area contributed by atoms with E-state index in [4.69, 9.17) is 21.1 Å². The summed E-state index contributed by atoms with van der Waals surface area (Å²) in [5.41, 5.74) is 0.652. The topological polar surface area (TPSA) is 132 Å². The summed E-state index contributed by atoms with van der Waals surface area (Å²) < 4.78 is 26.1. The summed E-state index contributed by atoms with van der Waals surface area (Å²) in [7, 11) is 0. The molecule has 1 aromatic carbocycles. The van der Waals surface area contributed by atoms with E-state index in [-0.39, 0.29) is 67.3 Å². The number of morpholine rings is 1. The smallest absolute Gasteiger partial charge is 0.240 e. The van der Waals surface area contributed by atoms with Gasteiger partial charge in [-0.3, -0.25) is 19.3 Å². The van der Waals surface area contributed by atoms with Crippen LogP contribution in [0.3, 0.4) is 0 Å². The van der Waals surface area contributed by atoms with E-state index in [2.05, 4.69) is 5.32 Å². The number of aliphatic hydroxyl groups excluding tert-OH is 2. The molecule has 11 nitrogen and oxygen atoms in total. The molecule has 1 aliphatic carbocycles. The largest absolute Gasteiger partial charge is 0.388 e. The molecule has 5 fully saturated rings. The Kier molecular flexibility index (Phi) is 8.23. The van der Waals surface area contributed by atoms with Crippen molar-refractivity contribution in [3.05, 3.63) is 34.6 Å². The maximum Gasteiger partial charge on any atom is 0.240 e.